The average Bonchev–Trinajstić information content (AvgIpc) is 2.96. The van der Waals surface area contributed by atoms with E-state index in [4.69, 9.17) is 4.74 Å². The highest BCUT2D eigenvalue weighted by molar-refractivity contribution is 7.22. The number of halogens is 3. The second kappa shape index (κ2) is 6.22. The van der Waals surface area contributed by atoms with Gasteiger partial charge in [0.15, 0.2) is 6.61 Å². The Labute approximate surface area is 134 Å². The molecule has 120 valence electrons. The number of benzene rings is 2. The van der Waals surface area contributed by atoms with Gasteiger partial charge in [0, 0.05) is 15.1 Å². The van der Waals surface area contributed by atoms with Crippen molar-refractivity contribution in [3.63, 3.8) is 0 Å². The molecule has 1 aromatic heterocycles. The summed E-state index contributed by atoms with van der Waals surface area (Å²) in [5, 5.41) is 10.5. The first-order chi connectivity index (χ1) is 11.0. The van der Waals surface area contributed by atoms with Gasteiger partial charge in [0.05, 0.1) is 6.61 Å². The third kappa shape index (κ3) is 3.65. The van der Waals surface area contributed by atoms with E-state index in [-0.39, 0.29) is 12.4 Å². The van der Waals surface area contributed by atoms with Crippen LogP contribution in [-0.2, 0) is 6.61 Å². The van der Waals surface area contributed by atoms with Crippen LogP contribution >= 0.6 is 11.3 Å². The Morgan fingerprint density at radius 2 is 1.83 bits per heavy atom. The van der Waals surface area contributed by atoms with E-state index in [2.05, 4.69) is 0 Å². The van der Waals surface area contributed by atoms with Crippen LogP contribution in [0, 0.1) is 0 Å². The van der Waals surface area contributed by atoms with E-state index in [1.165, 1.54) is 6.07 Å². The van der Waals surface area contributed by atoms with Crippen LogP contribution in [0.25, 0.3) is 20.5 Å². The van der Waals surface area contributed by atoms with Crippen molar-refractivity contribution in [3.8, 4) is 16.2 Å². The molecule has 2 aromatic carbocycles. The lowest BCUT2D eigenvalue weighted by atomic mass is 10.1. The van der Waals surface area contributed by atoms with Crippen LogP contribution < -0.4 is 4.74 Å². The van der Waals surface area contributed by atoms with E-state index >= 15 is 0 Å². The lowest BCUT2D eigenvalue weighted by Gasteiger charge is -2.13. The van der Waals surface area contributed by atoms with Crippen LogP contribution in [0.3, 0.4) is 0 Å². The predicted octanol–water partition coefficient (Wildman–Crippen LogP) is 5.00. The van der Waals surface area contributed by atoms with Crippen molar-refractivity contribution >= 4 is 21.4 Å². The molecule has 1 heterocycles. The summed E-state index contributed by atoms with van der Waals surface area (Å²) in [4.78, 5) is 0.989. The summed E-state index contributed by atoms with van der Waals surface area (Å²) in [5.41, 5.74) is 1.18. The Morgan fingerprint density at radius 3 is 2.52 bits per heavy atom. The van der Waals surface area contributed by atoms with E-state index in [1.807, 2.05) is 30.3 Å². The summed E-state index contributed by atoms with van der Waals surface area (Å²) in [6.45, 7) is -1.76. The molecular weight excluding hydrogens is 325 g/mol. The Morgan fingerprint density at radius 1 is 1.04 bits per heavy atom. The quantitative estimate of drug-likeness (QED) is 0.725. The minimum Gasteiger partial charge on any atom is -0.484 e. The van der Waals surface area contributed by atoms with E-state index in [9.17, 15) is 18.3 Å². The Kier molecular flexibility index (Phi) is 4.28. The summed E-state index contributed by atoms with van der Waals surface area (Å²) in [6, 6.07) is 14.8. The van der Waals surface area contributed by atoms with Crippen LogP contribution in [0.5, 0.6) is 5.75 Å². The third-order valence-corrected chi connectivity index (χ3v) is 4.50. The molecule has 0 spiro atoms. The van der Waals surface area contributed by atoms with Crippen molar-refractivity contribution in [2.24, 2.45) is 0 Å². The molecule has 1 N–H and O–H groups in total. The molecule has 3 rings (SSSR count). The molecule has 23 heavy (non-hydrogen) atoms. The van der Waals surface area contributed by atoms with Crippen LogP contribution in [0.15, 0.2) is 48.5 Å². The standard InChI is InChI=1S/C17H13F3O2S/c18-17(19,20)10-22-14-6-5-12(7-13(14)9-21)16-8-11-3-1-2-4-15(11)23-16/h1-8,21H,9-10H2. The summed E-state index contributed by atoms with van der Waals surface area (Å²) in [7, 11) is 0. The highest BCUT2D eigenvalue weighted by Crippen LogP contribution is 2.35. The molecule has 0 aliphatic carbocycles. The molecule has 0 atom stereocenters. The second-order valence-electron chi connectivity index (χ2n) is 5.03. The predicted molar refractivity (Wildman–Crippen MR) is 84.7 cm³/mol. The van der Waals surface area contributed by atoms with Gasteiger partial charge >= 0.3 is 6.18 Å². The summed E-state index contributed by atoms with van der Waals surface area (Å²) >= 11 is 1.59. The highest BCUT2D eigenvalue weighted by Gasteiger charge is 2.28. The number of ether oxygens (including phenoxy) is 1. The van der Waals surface area contributed by atoms with E-state index in [1.54, 1.807) is 23.5 Å². The number of aliphatic hydroxyl groups excluding tert-OH is 1. The van der Waals surface area contributed by atoms with Crippen LogP contribution in [0.4, 0.5) is 13.2 Å². The molecule has 0 aliphatic rings. The number of aliphatic hydroxyl groups is 1. The molecule has 0 fully saturated rings. The van der Waals surface area contributed by atoms with Crippen molar-refractivity contribution in [1.82, 2.24) is 0 Å². The molecule has 0 unspecified atom stereocenters. The van der Waals surface area contributed by atoms with Gasteiger partial charge in [-0.1, -0.05) is 18.2 Å². The van der Waals surface area contributed by atoms with Crippen molar-refractivity contribution in [2.45, 2.75) is 12.8 Å². The zero-order valence-corrected chi connectivity index (χ0v) is 12.7. The molecule has 2 nitrogen and oxygen atoms in total. The highest BCUT2D eigenvalue weighted by atomic mass is 32.1. The summed E-state index contributed by atoms with van der Waals surface area (Å²) < 4.78 is 42.7. The van der Waals surface area contributed by atoms with Gasteiger partial charge in [0.2, 0.25) is 0 Å². The second-order valence-corrected chi connectivity index (χ2v) is 6.12. The summed E-state index contributed by atoms with van der Waals surface area (Å²) in [5.74, 6) is 0.0506. The Hall–Kier alpha value is -2.05. The molecule has 3 aromatic rings. The van der Waals surface area contributed by atoms with Gasteiger partial charge in [-0.15, -0.1) is 11.3 Å². The van der Waals surface area contributed by atoms with Crippen LogP contribution in [0.1, 0.15) is 5.56 Å². The number of rotatable bonds is 4. The first-order valence-corrected chi connectivity index (χ1v) is 7.70. The first kappa shape index (κ1) is 15.8. The Bertz CT molecular complexity index is 791. The minimum atomic E-state index is -4.41. The minimum absolute atomic E-state index is 0.0506. The largest absolute Gasteiger partial charge is 0.484 e. The fourth-order valence-corrected chi connectivity index (χ4v) is 3.34. The van der Waals surface area contributed by atoms with Crippen LogP contribution in [0.2, 0.25) is 0 Å². The van der Waals surface area contributed by atoms with Gasteiger partial charge in [0.25, 0.3) is 0 Å². The molecule has 6 heteroatoms. The normalized spacial score (nSPS) is 11.8. The van der Waals surface area contributed by atoms with Crippen molar-refractivity contribution in [3.05, 3.63) is 54.1 Å². The number of fused-ring (bicyclic) bond motifs is 1. The van der Waals surface area contributed by atoms with Gasteiger partial charge in [-0.05, 0) is 41.3 Å². The first-order valence-electron chi connectivity index (χ1n) is 6.88. The number of alkyl halides is 3. The van der Waals surface area contributed by atoms with Gasteiger partial charge in [0.1, 0.15) is 5.75 Å². The van der Waals surface area contributed by atoms with Crippen LogP contribution in [-0.4, -0.2) is 17.9 Å². The van der Waals surface area contributed by atoms with Gasteiger partial charge in [-0.25, -0.2) is 0 Å². The maximum absolute atomic E-state index is 12.3. The molecule has 0 bridgehead atoms. The number of hydrogen-bond acceptors (Lipinski definition) is 3. The number of thiophene rings is 1. The SMILES string of the molecule is OCc1cc(-c2cc3ccccc3s2)ccc1OCC(F)(F)F. The van der Waals surface area contributed by atoms with E-state index in [0.717, 1.165) is 20.5 Å². The topological polar surface area (TPSA) is 29.5 Å². The molecule has 0 amide bonds. The molecule has 0 saturated carbocycles. The fraction of sp³-hybridized carbons (Fsp3) is 0.176. The Balaban J connectivity index is 1.91. The molecule has 0 radical (unpaired) electrons. The van der Waals surface area contributed by atoms with E-state index in [0.29, 0.717) is 5.56 Å². The smallest absolute Gasteiger partial charge is 0.422 e. The fourth-order valence-electron chi connectivity index (χ4n) is 2.28. The monoisotopic (exact) mass is 338 g/mol. The summed E-state index contributed by atoms with van der Waals surface area (Å²) in [6.07, 6.45) is -4.41. The van der Waals surface area contributed by atoms with Crippen molar-refractivity contribution in [1.29, 1.82) is 0 Å². The van der Waals surface area contributed by atoms with Gasteiger partial charge in [-0.2, -0.15) is 13.2 Å². The average molecular weight is 338 g/mol. The zero-order chi connectivity index (χ0) is 16.4. The molecule has 0 aliphatic heterocycles. The number of hydrogen-bond donors (Lipinski definition) is 1. The molecular formula is C17H13F3O2S. The lowest BCUT2D eigenvalue weighted by molar-refractivity contribution is -0.153. The third-order valence-electron chi connectivity index (χ3n) is 3.33. The zero-order valence-electron chi connectivity index (χ0n) is 11.9. The van der Waals surface area contributed by atoms with Crippen molar-refractivity contribution in [2.75, 3.05) is 6.61 Å². The maximum atomic E-state index is 12.3. The maximum Gasteiger partial charge on any atom is 0.422 e. The lowest BCUT2D eigenvalue weighted by Crippen LogP contribution is -2.19. The van der Waals surface area contributed by atoms with Gasteiger partial charge in [-0.3, -0.25) is 0 Å². The molecule has 0 saturated heterocycles. The van der Waals surface area contributed by atoms with E-state index < -0.39 is 12.8 Å². The van der Waals surface area contributed by atoms with Gasteiger partial charge < -0.3 is 9.84 Å². The van der Waals surface area contributed by atoms with Crippen molar-refractivity contribution < 1.29 is 23.0 Å².